The zero-order valence-corrected chi connectivity index (χ0v) is 18.4. The number of nitrogens with one attached hydrogen (secondary N) is 3. The highest BCUT2D eigenvalue weighted by molar-refractivity contribution is 5.94. The molecule has 9 N–H and O–H groups in total. The minimum Gasteiger partial charge on any atom is -0.481 e. The minimum absolute atomic E-state index is 0.0870. The second-order valence-electron chi connectivity index (χ2n) is 7.88. The summed E-state index contributed by atoms with van der Waals surface area (Å²) in [5.74, 6) is -5.68. The molecule has 0 saturated heterocycles. The van der Waals surface area contributed by atoms with Crippen LogP contribution in [0.3, 0.4) is 0 Å². The lowest BCUT2D eigenvalue weighted by Crippen LogP contribution is -2.57. The maximum absolute atomic E-state index is 12.8. The zero-order chi connectivity index (χ0) is 25.0. The van der Waals surface area contributed by atoms with Crippen LogP contribution >= 0.6 is 0 Å². The normalized spacial score (nSPS) is 14.5. The third-order valence-corrected chi connectivity index (χ3v) is 4.33. The lowest BCUT2D eigenvalue weighted by atomic mass is 10.0. The summed E-state index contributed by atoms with van der Waals surface area (Å²) in [4.78, 5) is 70.5. The number of primary amides is 1. The quantitative estimate of drug-likeness (QED) is 0.144. The number of carboxylic acid groups (broad SMARTS) is 2. The van der Waals surface area contributed by atoms with Crippen molar-refractivity contribution in [2.45, 2.75) is 77.0 Å². The highest BCUT2D eigenvalue weighted by atomic mass is 16.4. The van der Waals surface area contributed by atoms with Gasteiger partial charge in [-0.05, 0) is 32.1 Å². The van der Waals surface area contributed by atoms with Gasteiger partial charge in [-0.15, -0.1) is 0 Å². The molecule has 0 saturated carbocycles. The molecule has 182 valence electrons. The van der Waals surface area contributed by atoms with E-state index in [2.05, 4.69) is 16.0 Å². The Bertz CT molecular complexity index is 710. The van der Waals surface area contributed by atoms with Gasteiger partial charge in [0.05, 0.1) is 6.04 Å². The summed E-state index contributed by atoms with van der Waals surface area (Å²) in [6.45, 7) is 4.94. The lowest BCUT2D eigenvalue weighted by molar-refractivity contribution is -0.143. The molecule has 4 atom stereocenters. The van der Waals surface area contributed by atoms with Crippen molar-refractivity contribution in [3.63, 3.8) is 0 Å². The predicted octanol–water partition coefficient (Wildman–Crippen LogP) is -1.95. The van der Waals surface area contributed by atoms with Crippen LogP contribution in [-0.4, -0.2) is 69.9 Å². The maximum atomic E-state index is 12.8. The SMILES string of the molecule is CC(C)CC(NC(=O)C(CCC(N)=O)NC(=O)C(C)N)C(=O)NC(CCC(=O)O)C(=O)O. The van der Waals surface area contributed by atoms with Crippen LogP contribution in [0.5, 0.6) is 0 Å². The average Bonchev–Trinajstić information content (AvgIpc) is 2.66. The van der Waals surface area contributed by atoms with Gasteiger partial charge >= 0.3 is 11.9 Å². The van der Waals surface area contributed by atoms with Crippen molar-refractivity contribution in [3.05, 3.63) is 0 Å². The van der Waals surface area contributed by atoms with E-state index in [9.17, 15) is 33.9 Å². The number of nitrogens with two attached hydrogens (primary N) is 2. The molecule has 13 heteroatoms. The molecule has 4 unspecified atom stereocenters. The topological polar surface area (TPSA) is 231 Å². The van der Waals surface area contributed by atoms with Crippen LogP contribution in [0.15, 0.2) is 0 Å². The molecule has 0 aliphatic rings. The van der Waals surface area contributed by atoms with Crippen LogP contribution < -0.4 is 27.4 Å². The fourth-order valence-corrected chi connectivity index (χ4v) is 2.63. The van der Waals surface area contributed by atoms with Crippen molar-refractivity contribution in [1.82, 2.24) is 16.0 Å². The van der Waals surface area contributed by atoms with Gasteiger partial charge in [-0.1, -0.05) is 13.8 Å². The van der Waals surface area contributed by atoms with Gasteiger partial charge in [0.2, 0.25) is 23.6 Å². The number of aliphatic carboxylic acids is 2. The van der Waals surface area contributed by atoms with Gasteiger partial charge in [0, 0.05) is 12.8 Å². The number of amides is 4. The van der Waals surface area contributed by atoms with Crippen LogP contribution in [0.1, 0.15) is 52.9 Å². The molecule has 0 aromatic carbocycles. The van der Waals surface area contributed by atoms with Gasteiger partial charge in [-0.2, -0.15) is 0 Å². The second kappa shape index (κ2) is 14.0. The third-order valence-electron chi connectivity index (χ3n) is 4.33. The first-order chi connectivity index (χ1) is 14.7. The Kier molecular flexibility index (Phi) is 12.6. The zero-order valence-electron chi connectivity index (χ0n) is 18.4. The smallest absolute Gasteiger partial charge is 0.326 e. The molecular weight excluding hydrogens is 426 g/mol. The van der Waals surface area contributed by atoms with Crippen LogP contribution in [0.25, 0.3) is 0 Å². The number of rotatable bonds is 15. The Morgan fingerprint density at radius 3 is 1.66 bits per heavy atom. The summed E-state index contributed by atoms with van der Waals surface area (Å²) in [6.07, 6.45) is -1.03. The molecule has 0 heterocycles. The summed E-state index contributed by atoms with van der Waals surface area (Å²) >= 11 is 0. The van der Waals surface area contributed by atoms with E-state index in [1.165, 1.54) is 6.92 Å². The lowest BCUT2D eigenvalue weighted by Gasteiger charge is -2.25. The van der Waals surface area contributed by atoms with E-state index in [0.29, 0.717) is 0 Å². The van der Waals surface area contributed by atoms with Gasteiger partial charge in [0.15, 0.2) is 0 Å². The molecule has 0 aromatic rings. The standard InChI is InChI=1S/C19H33N5O8/c1-9(2)8-13(18(30)23-12(19(31)32)5-7-15(26)27)24-17(29)11(4-6-14(21)25)22-16(28)10(3)20/h9-13H,4-8,20H2,1-3H3,(H2,21,25)(H,22,28)(H,23,30)(H,24,29)(H,26,27)(H,31,32). The molecule has 0 fully saturated rings. The summed E-state index contributed by atoms with van der Waals surface area (Å²) < 4.78 is 0. The van der Waals surface area contributed by atoms with Crippen molar-refractivity contribution < 1.29 is 39.0 Å². The molecule has 0 radical (unpaired) electrons. The Labute approximate surface area is 185 Å². The van der Waals surface area contributed by atoms with Crippen molar-refractivity contribution >= 4 is 35.6 Å². The van der Waals surface area contributed by atoms with Gasteiger partial charge in [-0.25, -0.2) is 4.79 Å². The molecule has 0 aromatic heterocycles. The molecule has 0 aliphatic carbocycles. The largest absolute Gasteiger partial charge is 0.481 e. The molecule has 0 rings (SSSR count). The summed E-state index contributed by atoms with van der Waals surface area (Å²) in [6, 6.07) is -4.77. The molecule has 0 spiro atoms. The van der Waals surface area contributed by atoms with E-state index >= 15 is 0 Å². The average molecular weight is 460 g/mol. The first-order valence-corrected chi connectivity index (χ1v) is 10.1. The number of carbonyl (C=O) groups excluding carboxylic acids is 4. The van der Waals surface area contributed by atoms with Crippen molar-refractivity contribution in [3.8, 4) is 0 Å². The van der Waals surface area contributed by atoms with Crippen LogP contribution in [0.4, 0.5) is 0 Å². The van der Waals surface area contributed by atoms with Crippen LogP contribution in [0.2, 0.25) is 0 Å². The number of hydrogen-bond donors (Lipinski definition) is 7. The Morgan fingerprint density at radius 1 is 0.750 bits per heavy atom. The number of hydrogen-bond acceptors (Lipinski definition) is 7. The van der Waals surface area contributed by atoms with E-state index in [-0.39, 0.29) is 31.6 Å². The van der Waals surface area contributed by atoms with E-state index in [1.54, 1.807) is 13.8 Å². The molecule has 0 aliphatic heterocycles. The highest BCUT2D eigenvalue weighted by Crippen LogP contribution is 2.08. The summed E-state index contributed by atoms with van der Waals surface area (Å²) in [5, 5.41) is 25.1. The summed E-state index contributed by atoms with van der Waals surface area (Å²) in [7, 11) is 0. The Hall–Kier alpha value is -3.22. The molecular formula is C19H33N5O8. The van der Waals surface area contributed by atoms with Gasteiger partial charge in [0.25, 0.3) is 0 Å². The molecule has 0 bridgehead atoms. The molecule has 13 nitrogen and oxygen atoms in total. The van der Waals surface area contributed by atoms with E-state index in [4.69, 9.17) is 16.6 Å². The van der Waals surface area contributed by atoms with Crippen LogP contribution in [-0.2, 0) is 28.8 Å². The monoisotopic (exact) mass is 459 g/mol. The van der Waals surface area contributed by atoms with Crippen molar-refractivity contribution in [2.75, 3.05) is 0 Å². The molecule has 32 heavy (non-hydrogen) atoms. The second-order valence-corrected chi connectivity index (χ2v) is 7.88. The van der Waals surface area contributed by atoms with E-state index in [1.807, 2.05) is 0 Å². The molecule has 4 amide bonds. The first kappa shape index (κ1) is 28.8. The van der Waals surface area contributed by atoms with E-state index in [0.717, 1.165) is 0 Å². The third kappa shape index (κ3) is 11.8. The van der Waals surface area contributed by atoms with Gasteiger partial charge in [0.1, 0.15) is 18.1 Å². The van der Waals surface area contributed by atoms with Crippen molar-refractivity contribution in [2.24, 2.45) is 17.4 Å². The Balaban J connectivity index is 5.47. The van der Waals surface area contributed by atoms with Gasteiger partial charge < -0.3 is 37.6 Å². The fourth-order valence-electron chi connectivity index (χ4n) is 2.63. The van der Waals surface area contributed by atoms with E-state index < -0.39 is 66.2 Å². The van der Waals surface area contributed by atoms with Crippen LogP contribution in [0, 0.1) is 5.92 Å². The maximum Gasteiger partial charge on any atom is 0.326 e. The highest BCUT2D eigenvalue weighted by Gasteiger charge is 2.30. The Morgan fingerprint density at radius 2 is 1.22 bits per heavy atom. The minimum atomic E-state index is -1.46. The summed E-state index contributed by atoms with van der Waals surface area (Å²) in [5.41, 5.74) is 10.6. The number of carboxylic acids is 2. The number of carbonyl (C=O) groups is 6. The van der Waals surface area contributed by atoms with Gasteiger partial charge in [-0.3, -0.25) is 24.0 Å². The first-order valence-electron chi connectivity index (χ1n) is 10.1. The fraction of sp³-hybridized carbons (Fsp3) is 0.684. The predicted molar refractivity (Wildman–Crippen MR) is 112 cm³/mol. The van der Waals surface area contributed by atoms with Crippen molar-refractivity contribution in [1.29, 1.82) is 0 Å².